The smallest absolute Gasteiger partial charge is 0.175 e. The highest BCUT2D eigenvalue weighted by molar-refractivity contribution is 7.99. The van der Waals surface area contributed by atoms with Crippen LogP contribution in [0, 0.1) is 0 Å². The fourth-order valence-electron chi connectivity index (χ4n) is 2.38. The summed E-state index contributed by atoms with van der Waals surface area (Å²) in [6.45, 7) is 1.55. The molecule has 0 aliphatic heterocycles. The van der Waals surface area contributed by atoms with Crippen molar-refractivity contribution in [1.82, 2.24) is 0 Å². The summed E-state index contributed by atoms with van der Waals surface area (Å²) >= 11 is 7.11. The van der Waals surface area contributed by atoms with Gasteiger partial charge < -0.3 is 10.6 Å². The van der Waals surface area contributed by atoms with Crippen molar-refractivity contribution in [1.29, 1.82) is 0 Å². The van der Waals surface area contributed by atoms with Gasteiger partial charge in [0.25, 0.3) is 0 Å². The quantitative estimate of drug-likeness (QED) is 0.430. The molecule has 0 fully saturated rings. The summed E-state index contributed by atoms with van der Waals surface area (Å²) in [5.74, 6) is 0.0251. The van der Waals surface area contributed by atoms with Gasteiger partial charge in [-0.25, -0.2) is 0 Å². The summed E-state index contributed by atoms with van der Waals surface area (Å²) in [4.78, 5) is 13.8. The van der Waals surface area contributed by atoms with Gasteiger partial charge in [0.1, 0.15) is 0 Å². The number of nitrogens with one attached hydrogen (secondary N) is 2. The first-order chi connectivity index (χ1) is 12.6. The number of hydrogen-bond donors (Lipinski definition) is 2. The van der Waals surface area contributed by atoms with Gasteiger partial charge >= 0.3 is 0 Å². The van der Waals surface area contributed by atoms with E-state index < -0.39 is 0 Å². The van der Waals surface area contributed by atoms with Crippen molar-refractivity contribution in [3.63, 3.8) is 0 Å². The van der Waals surface area contributed by atoms with Gasteiger partial charge in [-0.05, 0) is 55.5 Å². The lowest BCUT2D eigenvalue weighted by Crippen LogP contribution is -2.19. The van der Waals surface area contributed by atoms with Crippen LogP contribution in [-0.2, 0) is 0 Å². The molecule has 0 unspecified atom stereocenters. The summed E-state index contributed by atoms with van der Waals surface area (Å²) in [5.41, 5.74) is 2.36. The number of Topliss-reactive ketones (excluding diaryl/α,β-unsaturated/α-hetero) is 1. The normalized spacial score (nSPS) is 10.2. The van der Waals surface area contributed by atoms with Crippen LogP contribution < -0.4 is 10.6 Å². The summed E-state index contributed by atoms with van der Waals surface area (Å²) in [6, 6.07) is 25.5. The Morgan fingerprint density at radius 1 is 0.885 bits per heavy atom. The molecule has 130 valence electrons. The first-order valence-electron chi connectivity index (χ1n) is 8.13. The molecule has 0 bridgehead atoms. The second-order valence-electron chi connectivity index (χ2n) is 5.63. The van der Waals surface area contributed by atoms with Gasteiger partial charge in [-0.15, -0.1) is 0 Å². The number of thiocarbonyl (C=S) groups is 1. The van der Waals surface area contributed by atoms with E-state index in [2.05, 4.69) is 28.8 Å². The van der Waals surface area contributed by atoms with Crippen LogP contribution in [-0.4, -0.2) is 10.9 Å². The molecule has 0 amide bonds. The lowest BCUT2D eigenvalue weighted by atomic mass is 10.1. The van der Waals surface area contributed by atoms with Crippen LogP contribution in [0.2, 0.25) is 0 Å². The molecule has 0 atom stereocenters. The molecule has 0 radical (unpaired) electrons. The number of rotatable bonds is 5. The summed E-state index contributed by atoms with van der Waals surface area (Å²) in [6.07, 6.45) is 0. The maximum atomic E-state index is 11.5. The molecule has 3 aromatic carbocycles. The second-order valence-corrected chi connectivity index (χ2v) is 7.15. The minimum Gasteiger partial charge on any atom is -0.332 e. The topological polar surface area (TPSA) is 41.1 Å². The minimum absolute atomic E-state index is 0.0251. The zero-order valence-corrected chi connectivity index (χ0v) is 15.9. The largest absolute Gasteiger partial charge is 0.332 e. The monoisotopic (exact) mass is 378 g/mol. The van der Waals surface area contributed by atoms with E-state index in [9.17, 15) is 4.79 Å². The fourth-order valence-corrected chi connectivity index (χ4v) is 3.53. The Balaban J connectivity index is 1.72. The van der Waals surface area contributed by atoms with Crippen molar-refractivity contribution >= 4 is 46.3 Å². The zero-order chi connectivity index (χ0) is 18.4. The van der Waals surface area contributed by atoms with Crippen molar-refractivity contribution < 1.29 is 4.79 Å². The molecule has 3 rings (SSSR count). The predicted molar refractivity (Wildman–Crippen MR) is 113 cm³/mol. The first-order valence-corrected chi connectivity index (χ1v) is 9.35. The van der Waals surface area contributed by atoms with Crippen molar-refractivity contribution in [2.75, 3.05) is 10.6 Å². The van der Waals surface area contributed by atoms with E-state index in [1.165, 1.54) is 0 Å². The van der Waals surface area contributed by atoms with Crippen LogP contribution in [0.25, 0.3) is 0 Å². The van der Waals surface area contributed by atoms with Crippen molar-refractivity contribution in [3.8, 4) is 0 Å². The second kappa shape index (κ2) is 8.65. The number of anilines is 2. The highest BCUT2D eigenvalue weighted by Crippen LogP contribution is 2.33. The molecule has 26 heavy (non-hydrogen) atoms. The van der Waals surface area contributed by atoms with E-state index in [-0.39, 0.29) is 5.78 Å². The SMILES string of the molecule is CC(=O)c1cccc(NC(=S)Nc2ccccc2Sc2ccccc2)c1. The third kappa shape index (κ3) is 4.94. The highest BCUT2D eigenvalue weighted by atomic mass is 32.2. The van der Waals surface area contributed by atoms with Gasteiger partial charge in [-0.1, -0.05) is 54.2 Å². The Morgan fingerprint density at radius 3 is 2.38 bits per heavy atom. The number of para-hydroxylation sites is 1. The average Bonchev–Trinajstić information content (AvgIpc) is 2.64. The third-order valence-electron chi connectivity index (χ3n) is 3.63. The van der Waals surface area contributed by atoms with E-state index in [0.29, 0.717) is 10.7 Å². The number of hydrogen-bond acceptors (Lipinski definition) is 3. The van der Waals surface area contributed by atoms with E-state index in [0.717, 1.165) is 21.2 Å². The molecule has 0 heterocycles. The first kappa shape index (κ1) is 18.2. The molecular formula is C21H18N2OS2. The highest BCUT2D eigenvalue weighted by Gasteiger charge is 2.07. The van der Waals surface area contributed by atoms with E-state index in [1.807, 2.05) is 48.5 Å². The van der Waals surface area contributed by atoms with Gasteiger partial charge in [0.15, 0.2) is 10.9 Å². The zero-order valence-electron chi connectivity index (χ0n) is 14.2. The van der Waals surface area contributed by atoms with Gasteiger partial charge in [-0.2, -0.15) is 0 Å². The Bertz CT molecular complexity index is 926. The maximum Gasteiger partial charge on any atom is 0.175 e. The fraction of sp³-hybridized carbons (Fsp3) is 0.0476. The molecule has 0 spiro atoms. The maximum absolute atomic E-state index is 11.5. The number of benzene rings is 3. The predicted octanol–water partition coefficient (Wildman–Crippen LogP) is 5.85. The molecule has 0 aliphatic rings. The molecule has 0 saturated carbocycles. The molecule has 0 saturated heterocycles. The molecule has 3 aromatic rings. The van der Waals surface area contributed by atoms with Crippen LogP contribution in [0.3, 0.4) is 0 Å². The standard InChI is InChI=1S/C21H18N2OS2/c1-15(24)16-8-7-9-17(14-16)22-21(25)23-19-12-5-6-13-20(19)26-18-10-3-2-4-11-18/h2-14H,1H3,(H2,22,23,25). The summed E-state index contributed by atoms with van der Waals surface area (Å²) in [7, 11) is 0. The van der Waals surface area contributed by atoms with E-state index in [4.69, 9.17) is 12.2 Å². The Kier molecular flexibility index (Phi) is 6.04. The molecule has 3 nitrogen and oxygen atoms in total. The van der Waals surface area contributed by atoms with Gasteiger partial charge in [-0.3, -0.25) is 4.79 Å². The van der Waals surface area contributed by atoms with Crippen molar-refractivity contribution in [2.24, 2.45) is 0 Å². The summed E-state index contributed by atoms with van der Waals surface area (Å²) in [5, 5.41) is 6.86. The number of carbonyl (C=O) groups excluding carboxylic acids is 1. The molecule has 5 heteroatoms. The number of carbonyl (C=O) groups is 1. The van der Waals surface area contributed by atoms with Gasteiger partial charge in [0.05, 0.1) is 5.69 Å². The molecular weight excluding hydrogens is 360 g/mol. The molecule has 2 N–H and O–H groups in total. The third-order valence-corrected chi connectivity index (χ3v) is 4.92. The van der Waals surface area contributed by atoms with Crippen LogP contribution in [0.4, 0.5) is 11.4 Å². The van der Waals surface area contributed by atoms with Crippen molar-refractivity contribution in [3.05, 3.63) is 84.4 Å². The van der Waals surface area contributed by atoms with Crippen LogP contribution >= 0.6 is 24.0 Å². The Morgan fingerprint density at radius 2 is 1.62 bits per heavy atom. The Labute approximate surface area is 162 Å². The summed E-state index contributed by atoms with van der Waals surface area (Å²) < 4.78 is 0. The van der Waals surface area contributed by atoms with Crippen molar-refractivity contribution in [2.45, 2.75) is 16.7 Å². The molecule has 0 aromatic heterocycles. The lowest BCUT2D eigenvalue weighted by Gasteiger charge is -2.14. The van der Waals surface area contributed by atoms with E-state index in [1.54, 1.807) is 30.8 Å². The van der Waals surface area contributed by atoms with Gasteiger partial charge in [0, 0.05) is 21.0 Å². The number of ketones is 1. The minimum atomic E-state index is 0.0251. The van der Waals surface area contributed by atoms with E-state index >= 15 is 0 Å². The van der Waals surface area contributed by atoms with Crippen LogP contribution in [0.5, 0.6) is 0 Å². The van der Waals surface area contributed by atoms with Crippen LogP contribution in [0.1, 0.15) is 17.3 Å². The Hall–Kier alpha value is -2.63. The average molecular weight is 379 g/mol. The molecule has 0 aliphatic carbocycles. The van der Waals surface area contributed by atoms with Gasteiger partial charge in [0.2, 0.25) is 0 Å². The lowest BCUT2D eigenvalue weighted by molar-refractivity contribution is 0.101. The van der Waals surface area contributed by atoms with Crippen LogP contribution in [0.15, 0.2) is 88.7 Å².